The molecule has 306 valence electrons. The van der Waals surface area contributed by atoms with Gasteiger partial charge in [-0.05, 0) is 64.2 Å². The molecule has 0 aromatic carbocycles. The Morgan fingerprint density at radius 2 is 1.08 bits per heavy atom. The summed E-state index contributed by atoms with van der Waals surface area (Å²) >= 11 is 0. The Bertz CT molecular complexity index is 1050. The van der Waals surface area contributed by atoms with Crippen molar-refractivity contribution >= 4 is 13.8 Å². The van der Waals surface area contributed by atoms with E-state index in [9.17, 15) is 19.4 Å². The minimum atomic E-state index is -4.53. The standard InChI is InChI=1S/C43H75O9P/c1-3-5-7-9-11-13-15-16-17-18-19-20-21-22-23-24-25-27-29-31-33-35-43(46)52-42(40-51-53(47,48)50-38-41(45)37-44)39-49-36-34-32-30-28-26-14-12-10-8-6-4-2/h5,7,11,13,16-17,19-20,22-23,25,27,41-42,44-45H,3-4,6,8-10,12,14-15,18,21,24,26,28-40H2,1-2H3,(H,47,48)/b7-5-,13-11-,17-16-,20-19-,23-22-,27-25-. The van der Waals surface area contributed by atoms with Crippen molar-refractivity contribution in [1.29, 1.82) is 0 Å². The molecule has 0 radical (unpaired) electrons. The lowest BCUT2D eigenvalue weighted by Crippen LogP contribution is -2.29. The summed E-state index contributed by atoms with van der Waals surface area (Å²) < 4.78 is 33.2. The molecule has 0 spiro atoms. The number of carbonyl (C=O) groups is 1. The second kappa shape index (κ2) is 39.6. The molecule has 0 aliphatic heterocycles. The van der Waals surface area contributed by atoms with E-state index in [2.05, 4.69) is 86.8 Å². The van der Waals surface area contributed by atoms with Crippen LogP contribution in [-0.4, -0.2) is 66.3 Å². The van der Waals surface area contributed by atoms with Gasteiger partial charge in [0.05, 0.1) is 26.4 Å². The highest BCUT2D eigenvalue weighted by Crippen LogP contribution is 2.43. The second-order valence-corrected chi connectivity index (χ2v) is 14.7. The minimum Gasteiger partial charge on any atom is -0.457 e. The first kappa shape index (κ1) is 50.9. The molecule has 0 aliphatic carbocycles. The molecule has 0 saturated heterocycles. The third-order valence-corrected chi connectivity index (χ3v) is 9.11. The first-order chi connectivity index (χ1) is 25.8. The predicted octanol–water partition coefficient (Wildman–Crippen LogP) is 11.0. The average Bonchev–Trinajstić information content (AvgIpc) is 3.15. The predicted molar refractivity (Wildman–Crippen MR) is 219 cm³/mol. The van der Waals surface area contributed by atoms with Crippen molar-refractivity contribution in [3.63, 3.8) is 0 Å². The highest BCUT2D eigenvalue weighted by atomic mass is 31.2. The number of rotatable bonds is 38. The lowest BCUT2D eigenvalue weighted by atomic mass is 10.1. The van der Waals surface area contributed by atoms with Crippen molar-refractivity contribution in [1.82, 2.24) is 0 Å². The SMILES string of the molecule is CC/C=C\C/C=C\C/C=C\C/C=C\C/C=C\C/C=C\CCCCC(=O)OC(COCCCCCCCCCCCCC)COP(=O)(O)OCC(O)CO. The molecular formula is C43H75O9P. The zero-order valence-electron chi connectivity index (χ0n) is 33.2. The van der Waals surface area contributed by atoms with Gasteiger partial charge in [0.2, 0.25) is 0 Å². The summed E-state index contributed by atoms with van der Waals surface area (Å²) in [5.41, 5.74) is 0. The van der Waals surface area contributed by atoms with E-state index >= 15 is 0 Å². The Morgan fingerprint density at radius 1 is 0.604 bits per heavy atom. The summed E-state index contributed by atoms with van der Waals surface area (Å²) in [6, 6.07) is 0. The maximum absolute atomic E-state index is 12.6. The van der Waals surface area contributed by atoms with Gasteiger partial charge in [0.25, 0.3) is 0 Å². The van der Waals surface area contributed by atoms with Crippen LogP contribution < -0.4 is 0 Å². The summed E-state index contributed by atoms with van der Waals surface area (Å²) in [5, 5.41) is 18.3. The van der Waals surface area contributed by atoms with Crippen LogP contribution in [0.5, 0.6) is 0 Å². The molecular weight excluding hydrogens is 691 g/mol. The number of phosphoric ester groups is 1. The Kier molecular flexibility index (Phi) is 38.0. The van der Waals surface area contributed by atoms with E-state index < -0.39 is 45.8 Å². The lowest BCUT2D eigenvalue weighted by Gasteiger charge is -2.20. The van der Waals surface area contributed by atoms with E-state index in [0.717, 1.165) is 70.6 Å². The molecule has 0 saturated carbocycles. The number of carbonyl (C=O) groups excluding carboxylic acids is 1. The zero-order chi connectivity index (χ0) is 38.9. The van der Waals surface area contributed by atoms with E-state index in [1.807, 2.05) is 0 Å². The molecule has 0 aromatic rings. The molecule has 3 unspecified atom stereocenters. The van der Waals surface area contributed by atoms with E-state index in [1.165, 1.54) is 51.4 Å². The van der Waals surface area contributed by atoms with Gasteiger partial charge in [0.15, 0.2) is 0 Å². The van der Waals surface area contributed by atoms with Gasteiger partial charge in [-0.3, -0.25) is 13.8 Å². The van der Waals surface area contributed by atoms with Crippen LogP contribution in [0.1, 0.15) is 149 Å². The Balaban J connectivity index is 4.29. The normalized spacial score (nSPS) is 14.9. The average molecular weight is 767 g/mol. The van der Waals surface area contributed by atoms with Crippen molar-refractivity contribution in [2.45, 2.75) is 161 Å². The van der Waals surface area contributed by atoms with Gasteiger partial charge in [-0.1, -0.05) is 151 Å². The van der Waals surface area contributed by atoms with Crippen LogP contribution in [0.15, 0.2) is 72.9 Å². The number of aliphatic hydroxyl groups is 2. The van der Waals surface area contributed by atoms with Crippen LogP contribution in [0.2, 0.25) is 0 Å². The third kappa shape index (κ3) is 39.4. The number of esters is 1. The van der Waals surface area contributed by atoms with E-state index in [0.29, 0.717) is 13.0 Å². The van der Waals surface area contributed by atoms with Gasteiger partial charge in [-0.15, -0.1) is 0 Å². The molecule has 0 aromatic heterocycles. The second-order valence-electron chi connectivity index (χ2n) is 13.3. The third-order valence-electron chi connectivity index (χ3n) is 8.16. The fraction of sp³-hybridized carbons (Fsp3) is 0.698. The Hall–Kier alpha value is -2.10. The summed E-state index contributed by atoms with van der Waals surface area (Å²) in [6.07, 6.45) is 45.8. The van der Waals surface area contributed by atoms with Crippen LogP contribution >= 0.6 is 7.82 Å². The van der Waals surface area contributed by atoms with Crippen molar-refractivity contribution in [3.8, 4) is 0 Å². The summed E-state index contributed by atoms with van der Waals surface area (Å²) in [4.78, 5) is 22.5. The van der Waals surface area contributed by atoms with Gasteiger partial charge in [-0.25, -0.2) is 4.57 Å². The van der Waals surface area contributed by atoms with Crippen molar-refractivity contribution in [3.05, 3.63) is 72.9 Å². The number of aliphatic hydroxyl groups excluding tert-OH is 2. The van der Waals surface area contributed by atoms with E-state index in [1.54, 1.807) is 0 Å². The molecule has 0 fully saturated rings. The minimum absolute atomic E-state index is 0.0291. The van der Waals surface area contributed by atoms with Crippen molar-refractivity contribution < 1.29 is 43.0 Å². The van der Waals surface area contributed by atoms with Gasteiger partial charge >= 0.3 is 13.8 Å². The van der Waals surface area contributed by atoms with Crippen molar-refractivity contribution in [2.75, 3.05) is 33.0 Å². The van der Waals surface area contributed by atoms with E-state index in [4.69, 9.17) is 23.6 Å². The molecule has 53 heavy (non-hydrogen) atoms. The highest BCUT2D eigenvalue weighted by Gasteiger charge is 2.26. The summed E-state index contributed by atoms with van der Waals surface area (Å²) in [7, 11) is -4.53. The highest BCUT2D eigenvalue weighted by molar-refractivity contribution is 7.47. The van der Waals surface area contributed by atoms with E-state index in [-0.39, 0.29) is 13.0 Å². The fourth-order valence-corrected chi connectivity index (χ4v) is 5.85. The fourth-order valence-electron chi connectivity index (χ4n) is 5.06. The molecule has 0 amide bonds. The maximum Gasteiger partial charge on any atom is 0.472 e. The van der Waals surface area contributed by atoms with Gasteiger partial charge in [0, 0.05) is 13.0 Å². The van der Waals surface area contributed by atoms with Crippen molar-refractivity contribution in [2.24, 2.45) is 0 Å². The molecule has 9 nitrogen and oxygen atoms in total. The first-order valence-electron chi connectivity index (χ1n) is 20.4. The lowest BCUT2D eigenvalue weighted by molar-refractivity contribution is -0.154. The van der Waals surface area contributed by atoms with Gasteiger partial charge in [0.1, 0.15) is 12.2 Å². The molecule has 3 N–H and O–H groups in total. The number of hydrogen-bond donors (Lipinski definition) is 3. The summed E-state index contributed by atoms with van der Waals surface area (Å²) in [6.45, 7) is 3.32. The first-order valence-corrected chi connectivity index (χ1v) is 21.9. The van der Waals surface area contributed by atoms with Crippen LogP contribution in [0.3, 0.4) is 0 Å². The molecule has 0 heterocycles. The largest absolute Gasteiger partial charge is 0.472 e. The molecule has 0 aliphatic rings. The molecule has 0 bridgehead atoms. The number of allylic oxidation sites excluding steroid dienone is 12. The van der Waals surface area contributed by atoms with Gasteiger partial charge < -0.3 is 24.6 Å². The monoisotopic (exact) mass is 767 g/mol. The van der Waals surface area contributed by atoms with Crippen LogP contribution in [0.25, 0.3) is 0 Å². The Morgan fingerprint density at radius 3 is 1.58 bits per heavy atom. The quantitative estimate of drug-likeness (QED) is 0.0243. The van der Waals surface area contributed by atoms with Crippen LogP contribution in [0, 0.1) is 0 Å². The number of hydrogen-bond acceptors (Lipinski definition) is 8. The van der Waals surface area contributed by atoms with Crippen LogP contribution in [-0.2, 0) is 27.9 Å². The molecule has 10 heteroatoms. The zero-order valence-corrected chi connectivity index (χ0v) is 34.1. The topological polar surface area (TPSA) is 132 Å². The number of phosphoric acid groups is 1. The summed E-state index contributed by atoms with van der Waals surface area (Å²) in [5.74, 6) is -0.427. The maximum atomic E-state index is 12.6. The molecule has 3 atom stereocenters. The number of unbranched alkanes of at least 4 members (excludes halogenated alkanes) is 12. The molecule has 0 rings (SSSR count). The smallest absolute Gasteiger partial charge is 0.457 e. The van der Waals surface area contributed by atoms with Crippen LogP contribution in [0.4, 0.5) is 0 Å². The number of ether oxygens (including phenoxy) is 2. The Labute approximate surface area is 322 Å². The van der Waals surface area contributed by atoms with Gasteiger partial charge in [-0.2, -0.15) is 0 Å².